The Kier molecular flexibility index (Phi) is 4.42. The van der Waals surface area contributed by atoms with Gasteiger partial charge in [-0.25, -0.2) is 0 Å². The zero-order valence-electron chi connectivity index (χ0n) is 11.3. The van der Waals surface area contributed by atoms with E-state index in [1.165, 1.54) is 12.8 Å². The van der Waals surface area contributed by atoms with Gasteiger partial charge in [-0.05, 0) is 19.3 Å². The van der Waals surface area contributed by atoms with E-state index in [-0.39, 0.29) is 0 Å². The van der Waals surface area contributed by atoms with Crippen LogP contribution in [0.1, 0.15) is 25.3 Å². The molecule has 0 aliphatic carbocycles. The van der Waals surface area contributed by atoms with Gasteiger partial charge in [0.1, 0.15) is 12.7 Å². The second-order valence-electron chi connectivity index (χ2n) is 5.34. The fraction of sp³-hybridized carbons (Fsp3) is 0.846. The molecule has 0 amide bonds. The summed E-state index contributed by atoms with van der Waals surface area (Å²) in [5.74, 6) is 0. The summed E-state index contributed by atoms with van der Waals surface area (Å²) in [6.07, 6.45) is 7.39. The van der Waals surface area contributed by atoms with Crippen LogP contribution in [-0.4, -0.2) is 65.2 Å². The van der Waals surface area contributed by atoms with Gasteiger partial charge in [0.05, 0.1) is 25.9 Å². The highest BCUT2D eigenvalue weighted by atomic mass is 16.6. The van der Waals surface area contributed by atoms with E-state index in [2.05, 4.69) is 19.7 Å². The van der Waals surface area contributed by atoms with Crippen LogP contribution in [0.4, 0.5) is 0 Å². The molecule has 2 aliphatic rings. The Morgan fingerprint density at radius 3 is 2.58 bits per heavy atom. The SMILES string of the molecule is c1nncn1C1CCN(CCC2COCCO2)CC1. The van der Waals surface area contributed by atoms with Gasteiger partial charge in [0.2, 0.25) is 0 Å². The first kappa shape index (κ1) is 13.0. The van der Waals surface area contributed by atoms with E-state index in [0.717, 1.165) is 45.9 Å². The van der Waals surface area contributed by atoms with Crippen LogP contribution in [0.2, 0.25) is 0 Å². The monoisotopic (exact) mass is 266 g/mol. The van der Waals surface area contributed by atoms with Crippen LogP contribution >= 0.6 is 0 Å². The minimum Gasteiger partial charge on any atom is -0.376 e. The number of likely N-dealkylation sites (tertiary alicyclic amines) is 1. The average molecular weight is 266 g/mol. The molecule has 3 rings (SSSR count). The summed E-state index contributed by atoms with van der Waals surface area (Å²) < 4.78 is 13.2. The number of piperidine rings is 1. The lowest BCUT2D eigenvalue weighted by Crippen LogP contribution is -2.38. The topological polar surface area (TPSA) is 52.4 Å². The van der Waals surface area contributed by atoms with Crippen LogP contribution in [0.3, 0.4) is 0 Å². The number of hydrogen-bond acceptors (Lipinski definition) is 5. The van der Waals surface area contributed by atoms with E-state index < -0.39 is 0 Å². The first-order valence-electron chi connectivity index (χ1n) is 7.17. The standard InChI is InChI=1S/C13H22N4O2/c1-4-16(6-3-13-9-18-7-8-19-13)5-2-12(1)17-10-14-15-11-17/h10-13H,1-9H2. The molecule has 0 bridgehead atoms. The van der Waals surface area contributed by atoms with Crippen molar-refractivity contribution < 1.29 is 9.47 Å². The lowest BCUT2D eigenvalue weighted by Gasteiger charge is -2.33. The number of hydrogen-bond donors (Lipinski definition) is 0. The maximum Gasteiger partial charge on any atom is 0.119 e. The van der Waals surface area contributed by atoms with Crippen LogP contribution in [-0.2, 0) is 9.47 Å². The Labute approximate surface area is 113 Å². The van der Waals surface area contributed by atoms with Gasteiger partial charge in [-0.15, -0.1) is 10.2 Å². The number of rotatable bonds is 4. The summed E-state index contributed by atoms with van der Waals surface area (Å²) >= 11 is 0. The first-order valence-corrected chi connectivity index (χ1v) is 7.17. The van der Waals surface area contributed by atoms with Crippen LogP contribution in [0, 0.1) is 0 Å². The normalized spacial score (nSPS) is 26.6. The highest BCUT2D eigenvalue weighted by molar-refractivity contribution is 4.80. The maximum absolute atomic E-state index is 5.68. The molecule has 2 aliphatic heterocycles. The third-order valence-corrected chi connectivity index (χ3v) is 4.07. The van der Waals surface area contributed by atoms with E-state index in [4.69, 9.17) is 9.47 Å². The second-order valence-corrected chi connectivity index (χ2v) is 5.34. The highest BCUT2D eigenvalue weighted by Gasteiger charge is 2.22. The molecule has 6 nitrogen and oxygen atoms in total. The third-order valence-electron chi connectivity index (χ3n) is 4.07. The smallest absolute Gasteiger partial charge is 0.119 e. The highest BCUT2D eigenvalue weighted by Crippen LogP contribution is 2.22. The molecule has 19 heavy (non-hydrogen) atoms. The zero-order valence-corrected chi connectivity index (χ0v) is 11.3. The van der Waals surface area contributed by atoms with Gasteiger partial charge in [-0.3, -0.25) is 0 Å². The van der Waals surface area contributed by atoms with Crippen LogP contribution in [0.15, 0.2) is 12.7 Å². The van der Waals surface area contributed by atoms with Crippen molar-refractivity contribution >= 4 is 0 Å². The zero-order chi connectivity index (χ0) is 12.9. The molecule has 2 saturated heterocycles. The average Bonchev–Trinajstić information content (AvgIpc) is 3.01. The van der Waals surface area contributed by atoms with Crippen LogP contribution in [0.5, 0.6) is 0 Å². The summed E-state index contributed by atoms with van der Waals surface area (Å²) in [4.78, 5) is 2.53. The van der Waals surface area contributed by atoms with Crippen molar-refractivity contribution in [1.29, 1.82) is 0 Å². The van der Waals surface area contributed by atoms with Gasteiger partial charge in [0.25, 0.3) is 0 Å². The van der Waals surface area contributed by atoms with Gasteiger partial charge in [0, 0.05) is 25.7 Å². The summed E-state index contributed by atoms with van der Waals surface area (Å²) in [5.41, 5.74) is 0. The summed E-state index contributed by atoms with van der Waals surface area (Å²) in [6.45, 7) is 5.67. The van der Waals surface area contributed by atoms with Gasteiger partial charge in [-0.2, -0.15) is 0 Å². The minimum atomic E-state index is 0.296. The number of aromatic nitrogens is 3. The van der Waals surface area contributed by atoms with Crippen molar-refractivity contribution in [1.82, 2.24) is 19.7 Å². The van der Waals surface area contributed by atoms with Crippen molar-refractivity contribution in [2.24, 2.45) is 0 Å². The molecule has 1 aromatic rings. The minimum absolute atomic E-state index is 0.296. The van der Waals surface area contributed by atoms with E-state index in [1.54, 1.807) is 0 Å². The second kappa shape index (κ2) is 6.45. The molecule has 6 heteroatoms. The fourth-order valence-electron chi connectivity index (χ4n) is 2.87. The number of ether oxygens (including phenoxy) is 2. The lowest BCUT2D eigenvalue weighted by molar-refractivity contribution is -0.0930. The first-order chi connectivity index (χ1) is 9.42. The van der Waals surface area contributed by atoms with Crippen molar-refractivity contribution in [3.63, 3.8) is 0 Å². The Hall–Kier alpha value is -0.980. The van der Waals surface area contributed by atoms with Gasteiger partial charge < -0.3 is 18.9 Å². The van der Waals surface area contributed by atoms with Crippen molar-refractivity contribution in [3.05, 3.63) is 12.7 Å². The van der Waals surface area contributed by atoms with E-state index in [1.807, 2.05) is 12.7 Å². The quantitative estimate of drug-likeness (QED) is 0.804. The molecule has 0 radical (unpaired) electrons. The van der Waals surface area contributed by atoms with Gasteiger partial charge in [-0.1, -0.05) is 0 Å². The van der Waals surface area contributed by atoms with Crippen LogP contribution < -0.4 is 0 Å². The lowest BCUT2D eigenvalue weighted by atomic mass is 10.0. The molecule has 0 saturated carbocycles. The Morgan fingerprint density at radius 2 is 1.89 bits per heavy atom. The van der Waals surface area contributed by atoms with Crippen LogP contribution in [0.25, 0.3) is 0 Å². The summed E-state index contributed by atoms with van der Waals surface area (Å²) in [5, 5.41) is 7.77. The molecular formula is C13H22N4O2. The van der Waals surface area contributed by atoms with Crippen molar-refractivity contribution in [2.75, 3.05) is 39.5 Å². The summed E-state index contributed by atoms with van der Waals surface area (Å²) in [7, 11) is 0. The van der Waals surface area contributed by atoms with Crippen molar-refractivity contribution in [2.45, 2.75) is 31.4 Å². The Balaban J connectivity index is 1.38. The maximum atomic E-state index is 5.68. The molecule has 0 spiro atoms. The molecule has 1 unspecified atom stereocenters. The molecule has 0 N–H and O–H groups in total. The third kappa shape index (κ3) is 3.52. The molecule has 3 heterocycles. The molecular weight excluding hydrogens is 244 g/mol. The summed E-state index contributed by atoms with van der Waals surface area (Å²) in [6, 6.07) is 0.570. The Morgan fingerprint density at radius 1 is 1.11 bits per heavy atom. The fourth-order valence-corrected chi connectivity index (χ4v) is 2.87. The molecule has 1 aromatic heterocycles. The molecule has 0 aromatic carbocycles. The van der Waals surface area contributed by atoms with Gasteiger partial charge in [0.15, 0.2) is 0 Å². The Bertz CT molecular complexity index is 357. The van der Waals surface area contributed by atoms with Gasteiger partial charge >= 0.3 is 0 Å². The van der Waals surface area contributed by atoms with E-state index in [9.17, 15) is 0 Å². The van der Waals surface area contributed by atoms with E-state index >= 15 is 0 Å². The largest absolute Gasteiger partial charge is 0.376 e. The number of nitrogens with zero attached hydrogens (tertiary/aromatic N) is 4. The predicted octanol–water partition coefficient (Wildman–Crippen LogP) is 0.720. The molecule has 2 fully saturated rings. The predicted molar refractivity (Wildman–Crippen MR) is 69.9 cm³/mol. The molecule has 1 atom stereocenters. The van der Waals surface area contributed by atoms with Crippen molar-refractivity contribution in [3.8, 4) is 0 Å². The van der Waals surface area contributed by atoms with E-state index in [0.29, 0.717) is 12.1 Å². The molecule has 106 valence electrons.